The molecule has 1 N–H and O–H groups in total. The number of ether oxygens (including phenoxy) is 1. The van der Waals surface area contributed by atoms with Crippen molar-refractivity contribution in [3.63, 3.8) is 0 Å². The van der Waals surface area contributed by atoms with Crippen molar-refractivity contribution < 1.29 is 13.5 Å². The zero-order chi connectivity index (χ0) is 15.2. The third-order valence-electron chi connectivity index (χ3n) is 3.09. The molecule has 1 aromatic carbocycles. The van der Waals surface area contributed by atoms with Crippen LogP contribution in [0.25, 0.3) is 0 Å². The SMILES string of the molecule is CCNC(Cc1ccc(F)c(F)c1)c1nccnc1OC. The molecular formula is C15H17F2N3O. The van der Waals surface area contributed by atoms with Gasteiger partial charge in [0.25, 0.3) is 0 Å². The molecular weight excluding hydrogens is 276 g/mol. The van der Waals surface area contributed by atoms with Gasteiger partial charge in [-0.2, -0.15) is 0 Å². The molecule has 4 nitrogen and oxygen atoms in total. The molecule has 0 radical (unpaired) electrons. The van der Waals surface area contributed by atoms with Crippen molar-refractivity contribution in [3.05, 3.63) is 53.5 Å². The number of halogens is 2. The standard InChI is InChI=1S/C15H17F2N3O/c1-3-18-13(14-15(21-2)20-7-6-19-14)9-10-4-5-11(16)12(17)8-10/h4-8,13,18H,3,9H2,1-2H3. The minimum absolute atomic E-state index is 0.191. The zero-order valence-corrected chi connectivity index (χ0v) is 11.9. The van der Waals surface area contributed by atoms with E-state index in [1.807, 2.05) is 6.92 Å². The van der Waals surface area contributed by atoms with Crippen LogP contribution in [0.15, 0.2) is 30.6 Å². The maximum absolute atomic E-state index is 13.3. The largest absolute Gasteiger partial charge is 0.480 e. The Hall–Kier alpha value is -2.08. The molecule has 0 amide bonds. The smallest absolute Gasteiger partial charge is 0.237 e. The Labute approximate surface area is 122 Å². The second kappa shape index (κ2) is 7.08. The fourth-order valence-corrected chi connectivity index (χ4v) is 2.15. The Kier molecular flexibility index (Phi) is 5.16. The van der Waals surface area contributed by atoms with E-state index in [4.69, 9.17) is 4.74 Å². The first-order valence-corrected chi connectivity index (χ1v) is 6.68. The Morgan fingerprint density at radius 2 is 1.95 bits per heavy atom. The highest BCUT2D eigenvalue weighted by atomic mass is 19.2. The van der Waals surface area contributed by atoms with E-state index in [0.717, 1.165) is 6.07 Å². The molecule has 0 aliphatic rings. The first-order chi connectivity index (χ1) is 10.2. The molecule has 21 heavy (non-hydrogen) atoms. The van der Waals surface area contributed by atoms with Crippen molar-refractivity contribution in [1.82, 2.24) is 15.3 Å². The Morgan fingerprint density at radius 3 is 2.62 bits per heavy atom. The van der Waals surface area contributed by atoms with Gasteiger partial charge in [0.2, 0.25) is 5.88 Å². The number of hydrogen-bond acceptors (Lipinski definition) is 4. The molecule has 1 heterocycles. The van der Waals surface area contributed by atoms with Crippen LogP contribution in [-0.4, -0.2) is 23.6 Å². The van der Waals surface area contributed by atoms with Gasteiger partial charge >= 0.3 is 0 Å². The molecule has 0 aliphatic heterocycles. The maximum atomic E-state index is 13.3. The minimum atomic E-state index is -0.853. The molecule has 0 bridgehead atoms. The van der Waals surface area contributed by atoms with E-state index in [1.54, 1.807) is 18.5 Å². The van der Waals surface area contributed by atoms with Crippen LogP contribution in [0.3, 0.4) is 0 Å². The van der Waals surface area contributed by atoms with E-state index in [1.165, 1.54) is 13.2 Å². The molecule has 1 aromatic heterocycles. The van der Waals surface area contributed by atoms with Crippen LogP contribution in [0.2, 0.25) is 0 Å². The van der Waals surface area contributed by atoms with Crippen molar-refractivity contribution in [1.29, 1.82) is 0 Å². The van der Waals surface area contributed by atoms with E-state index >= 15 is 0 Å². The van der Waals surface area contributed by atoms with Gasteiger partial charge in [-0.3, -0.25) is 4.98 Å². The van der Waals surface area contributed by atoms with Gasteiger partial charge in [0, 0.05) is 12.4 Å². The zero-order valence-electron chi connectivity index (χ0n) is 11.9. The van der Waals surface area contributed by atoms with Crippen LogP contribution in [0, 0.1) is 11.6 Å². The summed E-state index contributed by atoms with van der Waals surface area (Å²) >= 11 is 0. The summed E-state index contributed by atoms with van der Waals surface area (Å²) < 4.78 is 31.5. The first-order valence-electron chi connectivity index (χ1n) is 6.68. The summed E-state index contributed by atoms with van der Waals surface area (Å²) in [4.78, 5) is 8.40. The van der Waals surface area contributed by atoms with Gasteiger partial charge in [-0.25, -0.2) is 13.8 Å². The van der Waals surface area contributed by atoms with E-state index in [-0.39, 0.29) is 6.04 Å². The maximum Gasteiger partial charge on any atom is 0.237 e. The highest BCUT2D eigenvalue weighted by Crippen LogP contribution is 2.24. The molecule has 112 valence electrons. The van der Waals surface area contributed by atoms with Crippen molar-refractivity contribution >= 4 is 0 Å². The molecule has 1 atom stereocenters. The lowest BCUT2D eigenvalue weighted by atomic mass is 10.0. The summed E-state index contributed by atoms with van der Waals surface area (Å²) in [5.74, 6) is -1.28. The van der Waals surface area contributed by atoms with Crippen LogP contribution in [0.4, 0.5) is 8.78 Å². The van der Waals surface area contributed by atoms with Crippen LogP contribution in [0.1, 0.15) is 24.2 Å². The van der Waals surface area contributed by atoms with Crippen molar-refractivity contribution in [2.24, 2.45) is 0 Å². The van der Waals surface area contributed by atoms with Crippen LogP contribution in [0.5, 0.6) is 5.88 Å². The van der Waals surface area contributed by atoms with Gasteiger partial charge in [-0.1, -0.05) is 13.0 Å². The Morgan fingerprint density at radius 1 is 1.19 bits per heavy atom. The average molecular weight is 293 g/mol. The Bertz CT molecular complexity index is 607. The van der Waals surface area contributed by atoms with Crippen molar-refractivity contribution in [2.45, 2.75) is 19.4 Å². The lowest BCUT2D eigenvalue weighted by molar-refractivity contribution is 0.377. The quantitative estimate of drug-likeness (QED) is 0.889. The molecule has 6 heteroatoms. The van der Waals surface area contributed by atoms with Gasteiger partial charge < -0.3 is 10.1 Å². The first kappa shape index (κ1) is 15.3. The van der Waals surface area contributed by atoms with Crippen LogP contribution in [-0.2, 0) is 6.42 Å². The molecule has 1 unspecified atom stereocenters. The predicted molar refractivity (Wildman–Crippen MR) is 75.1 cm³/mol. The topological polar surface area (TPSA) is 47.0 Å². The number of benzene rings is 1. The monoisotopic (exact) mass is 293 g/mol. The number of methoxy groups -OCH3 is 1. The second-order valence-electron chi connectivity index (χ2n) is 4.51. The third-order valence-corrected chi connectivity index (χ3v) is 3.09. The number of hydrogen-bond donors (Lipinski definition) is 1. The summed E-state index contributed by atoms with van der Waals surface area (Å²) in [6.45, 7) is 2.66. The number of likely N-dealkylation sites (N-methyl/N-ethyl adjacent to an activating group) is 1. The summed E-state index contributed by atoms with van der Waals surface area (Å²) in [7, 11) is 1.52. The average Bonchev–Trinajstić information content (AvgIpc) is 2.50. The van der Waals surface area contributed by atoms with Crippen molar-refractivity contribution in [3.8, 4) is 5.88 Å². The minimum Gasteiger partial charge on any atom is -0.480 e. The van der Waals surface area contributed by atoms with Gasteiger partial charge in [0.15, 0.2) is 11.6 Å². The lowest BCUT2D eigenvalue weighted by Crippen LogP contribution is -2.24. The predicted octanol–water partition coefficient (Wildman–Crippen LogP) is 2.66. The molecule has 2 aromatic rings. The summed E-state index contributed by atoms with van der Waals surface area (Å²) in [5, 5.41) is 3.26. The Balaban J connectivity index is 2.28. The van der Waals surface area contributed by atoms with Gasteiger partial charge in [-0.05, 0) is 30.7 Å². The third kappa shape index (κ3) is 3.72. The highest BCUT2D eigenvalue weighted by molar-refractivity contribution is 5.26. The molecule has 0 spiro atoms. The van der Waals surface area contributed by atoms with Gasteiger partial charge in [-0.15, -0.1) is 0 Å². The fourth-order valence-electron chi connectivity index (χ4n) is 2.15. The lowest BCUT2D eigenvalue weighted by Gasteiger charge is -2.19. The summed E-state index contributed by atoms with van der Waals surface area (Å²) in [6.07, 6.45) is 3.58. The van der Waals surface area contributed by atoms with E-state index < -0.39 is 11.6 Å². The van der Waals surface area contributed by atoms with Gasteiger partial charge in [0.05, 0.1) is 13.2 Å². The number of nitrogens with zero attached hydrogens (tertiary/aromatic N) is 2. The number of aromatic nitrogens is 2. The van der Waals surface area contributed by atoms with E-state index in [0.29, 0.717) is 30.1 Å². The molecule has 0 aliphatic carbocycles. The van der Waals surface area contributed by atoms with E-state index in [9.17, 15) is 8.78 Å². The molecule has 0 saturated heterocycles. The second-order valence-corrected chi connectivity index (χ2v) is 4.51. The summed E-state index contributed by atoms with van der Waals surface area (Å²) in [5.41, 5.74) is 1.32. The highest BCUT2D eigenvalue weighted by Gasteiger charge is 2.19. The number of rotatable bonds is 6. The van der Waals surface area contributed by atoms with Crippen LogP contribution >= 0.6 is 0 Å². The molecule has 0 saturated carbocycles. The van der Waals surface area contributed by atoms with Crippen molar-refractivity contribution in [2.75, 3.05) is 13.7 Å². The van der Waals surface area contributed by atoms with Crippen LogP contribution < -0.4 is 10.1 Å². The normalized spacial score (nSPS) is 12.2. The fraction of sp³-hybridized carbons (Fsp3) is 0.333. The van der Waals surface area contributed by atoms with Gasteiger partial charge in [0.1, 0.15) is 5.69 Å². The number of nitrogens with one attached hydrogen (secondary N) is 1. The molecule has 0 fully saturated rings. The summed E-state index contributed by atoms with van der Waals surface area (Å²) in [6, 6.07) is 3.69. The van der Waals surface area contributed by atoms with E-state index in [2.05, 4.69) is 15.3 Å². The molecule has 2 rings (SSSR count).